The molecule has 21 heavy (non-hydrogen) atoms. The summed E-state index contributed by atoms with van der Waals surface area (Å²) in [6, 6.07) is 6.95. The zero-order chi connectivity index (χ0) is 15.5. The summed E-state index contributed by atoms with van der Waals surface area (Å²) in [7, 11) is -3.02. The normalized spacial score (nSPS) is 18.0. The lowest BCUT2D eigenvalue weighted by molar-refractivity contribution is 0.289. The molecule has 1 heterocycles. The molecule has 1 aliphatic rings. The Morgan fingerprint density at radius 1 is 1.19 bits per heavy atom. The van der Waals surface area contributed by atoms with Crippen molar-refractivity contribution in [3.8, 4) is 0 Å². The van der Waals surface area contributed by atoms with Crippen LogP contribution in [0.2, 0.25) is 0 Å². The highest BCUT2D eigenvalue weighted by molar-refractivity contribution is 7.89. The maximum absolute atomic E-state index is 11.8. The number of rotatable bonds is 5. The van der Waals surface area contributed by atoms with Gasteiger partial charge in [-0.15, -0.1) is 0 Å². The minimum atomic E-state index is -3.02. The molecule has 0 unspecified atom stereocenters. The van der Waals surface area contributed by atoms with E-state index in [9.17, 15) is 8.42 Å². The summed E-state index contributed by atoms with van der Waals surface area (Å²) in [5, 5.41) is 3.55. The van der Waals surface area contributed by atoms with Gasteiger partial charge in [0, 0.05) is 25.7 Å². The number of hydrogen-bond donors (Lipinski definition) is 1. The summed E-state index contributed by atoms with van der Waals surface area (Å²) in [6.07, 6.45) is 1.79. The van der Waals surface area contributed by atoms with Crippen molar-refractivity contribution in [2.75, 3.05) is 18.8 Å². The third-order valence-electron chi connectivity index (χ3n) is 4.38. The molecule has 1 saturated heterocycles. The standard InChI is InChI=1S/C16H26N2O2S/c1-4-21(19,20)18-9-7-16(8-10-18)17-12-15-6-5-13(2)14(3)11-15/h5-6,11,16-17H,4,7-10,12H2,1-3H3. The Kier molecular flexibility index (Phi) is 5.41. The van der Waals surface area contributed by atoms with Crippen LogP contribution in [0.4, 0.5) is 0 Å². The maximum Gasteiger partial charge on any atom is 0.213 e. The van der Waals surface area contributed by atoms with Crippen molar-refractivity contribution in [3.05, 3.63) is 34.9 Å². The second-order valence-electron chi connectivity index (χ2n) is 5.87. The fourth-order valence-corrected chi connectivity index (χ4v) is 3.83. The van der Waals surface area contributed by atoms with Gasteiger partial charge in [-0.1, -0.05) is 18.2 Å². The van der Waals surface area contributed by atoms with Gasteiger partial charge in [-0.3, -0.25) is 0 Å². The van der Waals surface area contributed by atoms with Crippen molar-refractivity contribution in [2.24, 2.45) is 0 Å². The van der Waals surface area contributed by atoms with E-state index in [1.807, 2.05) is 0 Å². The Labute approximate surface area is 128 Å². The first-order chi connectivity index (χ1) is 9.92. The van der Waals surface area contributed by atoms with Crippen LogP contribution in [0, 0.1) is 13.8 Å². The summed E-state index contributed by atoms with van der Waals surface area (Å²) in [5.41, 5.74) is 3.93. The predicted molar refractivity (Wildman–Crippen MR) is 86.8 cm³/mol. The molecule has 1 aliphatic heterocycles. The maximum atomic E-state index is 11.8. The topological polar surface area (TPSA) is 49.4 Å². The lowest BCUT2D eigenvalue weighted by atomic mass is 10.0. The van der Waals surface area contributed by atoms with Crippen LogP contribution in [0.3, 0.4) is 0 Å². The molecule has 0 bridgehead atoms. The summed E-state index contributed by atoms with van der Waals surface area (Å²) in [4.78, 5) is 0. The van der Waals surface area contributed by atoms with Gasteiger partial charge in [0.05, 0.1) is 5.75 Å². The molecule has 2 rings (SSSR count). The van der Waals surface area contributed by atoms with Crippen LogP contribution in [0.15, 0.2) is 18.2 Å². The van der Waals surface area contributed by atoms with Crippen molar-refractivity contribution in [1.82, 2.24) is 9.62 Å². The molecule has 0 radical (unpaired) electrons. The molecule has 4 nitrogen and oxygen atoms in total. The zero-order valence-electron chi connectivity index (χ0n) is 13.2. The first-order valence-corrected chi connectivity index (χ1v) is 9.30. The number of aryl methyl sites for hydroxylation is 2. The predicted octanol–water partition coefficient (Wildman–Crippen LogP) is 2.21. The molecule has 0 atom stereocenters. The van der Waals surface area contributed by atoms with Crippen LogP contribution in [-0.2, 0) is 16.6 Å². The van der Waals surface area contributed by atoms with Crippen LogP contribution in [0.5, 0.6) is 0 Å². The highest BCUT2D eigenvalue weighted by Gasteiger charge is 2.26. The van der Waals surface area contributed by atoms with Gasteiger partial charge in [-0.25, -0.2) is 12.7 Å². The fraction of sp³-hybridized carbons (Fsp3) is 0.625. The minimum absolute atomic E-state index is 0.202. The first-order valence-electron chi connectivity index (χ1n) is 7.69. The third kappa shape index (κ3) is 4.28. The SMILES string of the molecule is CCS(=O)(=O)N1CCC(NCc2ccc(C)c(C)c2)CC1. The fourth-order valence-electron chi connectivity index (χ4n) is 2.70. The first kappa shape index (κ1) is 16.5. The molecular weight excluding hydrogens is 284 g/mol. The number of nitrogens with zero attached hydrogens (tertiary/aromatic N) is 1. The van der Waals surface area contributed by atoms with E-state index in [2.05, 4.69) is 37.4 Å². The minimum Gasteiger partial charge on any atom is -0.310 e. The molecule has 0 spiro atoms. The van der Waals surface area contributed by atoms with Crippen molar-refractivity contribution >= 4 is 10.0 Å². The summed E-state index contributed by atoms with van der Waals surface area (Å²) < 4.78 is 25.3. The van der Waals surface area contributed by atoms with E-state index in [1.54, 1.807) is 11.2 Å². The highest BCUT2D eigenvalue weighted by atomic mass is 32.2. The molecule has 118 valence electrons. The number of nitrogens with one attached hydrogen (secondary N) is 1. The lowest BCUT2D eigenvalue weighted by Crippen LogP contribution is -2.45. The van der Waals surface area contributed by atoms with Gasteiger partial charge in [0.2, 0.25) is 10.0 Å². The van der Waals surface area contributed by atoms with E-state index in [-0.39, 0.29) is 5.75 Å². The smallest absolute Gasteiger partial charge is 0.213 e. The molecular formula is C16H26N2O2S. The second-order valence-corrected chi connectivity index (χ2v) is 8.13. The van der Waals surface area contributed by atoms with Gasteiger partial charge in [0.1, 0.15) is 0 Å². The van der Waals surface area contributed by atoms with Crippen LogP contribution in [-0.4, -0.2) is 37.6 Å². The lowest BCUT2D eigenvalue weighted by Gasteiger charge is -2.31. The second kappa shape index (κ2) is 6.90. The number of benzene rings is 1. The van der Waals surface area contributed by atoms with Gasteiger partial charge in [-0.05, 0) is 50.3 Å². The van der Waals surface area contributed by atoms with Crippen molar-refractivity contribution in [2.45, 2.75) is 46.2 Å². The van der Waals surface area contributed by atoms with E-state index in [0.29, 0.717) is 19.1 Å². The van der Waals surface area contributed by atoms with Gasteiger partial charge in [0.15, 0.2) is 0 Å². The molecule has 1 aromatic carbocycles. The van der Waals surface area contributed by atoms with E-state index >= 15 is 0 Å². The Morgan fingerprint density at radius 2 is 1.86 bits per heavy atom. The van der Waals surface area contributed by atoms with E-state index < -0.39 is 10.0 Å². The van der Waals surface area contributed by atoms with Crippen LogP contribution < -0.4 is 5.32 Å². The summed E-state index contributed by atoms with van der Waals surface area (Å²) in [6.45, 7) is 8.09. The summed E-state index contributed by atoms with van der Waals surface area (Å²) in [5.74, 6) is 0.202. The Morgan fingerprint density at radius 3 is 2.43 bits per heavy atom. The average molecular weight is 310 g/mol. The van der Waals surface area contributed by atoms with Crippen LogP contribution in [0.25, 0.3) is 0 Å². The Hall–Kier alpha value is -0.910. The molecule has 5 heteroatoms. The molecule has 1 aromatic rings. The molecule has 1 fully saturated rings. The monoisotopic (exact) mass is 310 g/mol. The third-order valence-corrected chi connectivity index (χ3v) is 6.26. The molecule has 0 saturated carbocycles. The Balaban J connectivity index is 1.82. The number of sulfonamides is 1. The highest BCUT2D eigenvalue weighted by Crippen LogP contribution is 2.15. The van der Waals surface area contributed by atoms with Gasteiger partial charge >= 0.3 is 0 Å². The zero-order valence-corrected chi connectivity index (χ0v) is 14.0. The Bertz CT molecular complexity index is 576. The van der Waals surface area contributed by atoms with Crippen LogP contribution in [0.1, 0.15) is 36.5 Å². The largest absolute Gasteiger partial charge is 0.310 e. The average Bonchev–Trinajstić information content (AvgIpc) is 2.49. The quantitative estimate of drug-likeness (QED) is 0.907. The van der Waals surface area contributed by atoms with E-state index in [1.165, 1.54) is 16.7 Å². The van der Waals surface area contributed by atoms with Crippen molar-refractivity contribution in [3.63, 3.8) is 0 Å². The van der Waals surface area contributed by atoms with E-state index in [4.69, 9.17) is 0 Å². The van der Waals surface area contributed by atoms with Crippen LogP contribution >= 0.6 is 0 Å². The number of piperidine rings is 1. The van der Waals surface area contributed by atoms with E-state index in [0.717, 1.165) is 19.4 Å². The molecule has 0 amide bonds. The van der Waals surface area contributed by atoms with Crippen molar-refractivity contribution in [1.29, 1.82) is 0 Å². The molecule has 0 aromatic heterocycles. The van der Waals surface area contributed by atoms with Gasteiger partial charge in [-0.2, -0.15) is 0 Å². The summed E-state index contributed by atoms with van der Waals surface area (Å²) >= 11 is 0. The molecule has 1 N–H and O–H groups in total. The van der Waals surface area contributed by atoms with Gasteiger partial charge < -0.3 is 5.32 Å². The molecule has 0 aliphatic carbocycles. The number of hydrogen-bond acceptors (Lipinski definition) is 3. The van der Waals surface area contributed by atoms with Crippen molar-refractivity contribution < 1.29 is 8.42 Å². The van der Waals surface area contributed by atoms with Gasteiger partial charge in [0.25, 0.3) is 0 Å².